The van der Waals surface area contributed by atoms with Crippen molar-refractivity contribution in [2.24, 2.45) is 5.92 Å². The Balaban J connectivity index is 1.55. The first-order valence-electron chi connectivity index (χ1n) is 10.2. The second kappa shape index (κ2) is 7.94. The SMILES string of the molecule is Cc1nc(C(=O)N2CC[C@H](C)[C@H]2c2nc3c(Cl)cccc3[nH]2)c(-c2ccc(F)c(F)c2)s1. The Morgan fingerprint density at radius 3 is 2.78 bits per heavy atom. The number of halogens is 3. The lowest BCUT2D eigenvalue weighted by Crippen LogP contribution is -2.33. The summed E-state index contributed by atoms with van der Waals surface area (Å²) in [6.07, 6.45) is 0.810. The summed E-state index contributed by atoms with van der Waals surface area (Å²) in [5.41, 5.74) is 2.15. The van der Waals surface area contributed by atoms with Crippen molar-refractivity contribution < 1.29 is 13.6 Å². The van der Waals surface area contributed by atoms with E-state index in [1.54, 1.807) is 17.9 Å². The van der Waals surface area contributed by atoms with Gasteiger partial charge in [0, 0.05) is 6.54 Å². The number of imidazole rings is 1. The number of carbonyl (C=O) groups is 1. The molecule has 4 aromatic rings. The van der Waals surface area contributed by atoms with Gasteiger partial charge in [-0.05, 0) is 49.1 Å². The molecule has 0 saturated carbocycles. The first kappa shape index (κ1) is 21.0. The van der Waals surface area contributed by atoms with Gasteiger partial charge in [-0.1, -0.05) is 30.7 Å². The lowest BCUT2D eigenvalue weighted by molar-refractivity contribution is 0.0710. The number of rotatable bonds is 3. The van der Waals surface area contributed by atoms with Gasteiger partial charge in [0.05, 0.1) is 26.5 Å². The fourth-order valence-electron chi connectivity index (χ4n) is 4.29. The number of aryl methyl sites for hydroxylation is 1. The molecule has 3 heterocycles. The maximum atomic E-state index is 13.9. The van der Waals surface area contributed by atoms with Crippen molar-refractivity contribution in [1.82, 2.24) is 19.9 Å². The van der Waals surface area contributed by atoms with Crippen LogP contribution in [0.3, 0.4) is 0 Å². The van der Waals surface area contributed by atoms with Crippen LogP contribution in [0.1, 0.15) is 40.7 Å². The lowest BCUT2D eigenvalue weighted by atomic mass is 10.0. The van der Waals surface area contributed by atoms with E-state index in [-0.39, 0.29) is 23.6 Å². The van der Waals surface area contributed by atoms with Crippen LogP contribution < -0.4 is 0 Å². The van der Waals surface area contributed by atoms with Crippen molar-refractivity contribution in [3.8, 4) is 10.4 Å². The Morgan fingerprint density at radius 1 is 1.22 bits per heavy atom. The van der Waals surface area contributed by atoms with Gasteiger partial charge >= 0.3 is 0 Å². The maximum absolute atomic E-state index is 13.9. The van der Waals surface area contributed by atoms with Crippen LogP contribution in [0.2, 0.25) is 5.02 Å². The third kappa shape index (κ3) is 3.47. The van der Waals surface area contributed by atoms with Crippen molar-refractivity contribution in [3.05, 3.63) is 69.6 Å². The molecular weight excluding hydrogens is 454 g/mol. The van der Waals surface area contributed by atoms with E-state index < -0.39 is 11.6 Å². The average Bonchev–Trinajstić information content (AvgIpc) is 3.46. The van der Waals surface area contributed by atoms with E-state index in [9.17, 15) is 13.6 Å². The highest BCUT2D eigenvalue weighted by atomic mass is 35.5. The number of fused-ring (bicyclic) bond motifs is 1. The Kier molecular flexibility index (Phi) is 5.22. The molecule has 32 heavy (non-hydrogen) atoms. The molecule has 0 aliphatic carbocycles. The number of carbonyl (C=O) groups excluding carboxylic acids is 1. The van der Waals surface area contributed by atoms with E-state index in [0.717, 1.165) is 24.1 Å². The number of hydrogen-bond donors (Lipinski definition) is 1. The van der Waals surface area contributed by atoms with Crippen molar-refractivity contribution >= 4 is 39.9 Å². The molecule has 1 aliphatic rings. The number of amides is 1. The molecule has 2 aromatic carbocycles. The quantitative estimate of drug-likeness (QED) is 0.389. The van der Waals surface area contributed by atoms with Crippen LogP contribution in [0.25, 0.3) is 21.5 Å². The molecule has 9 heteroatoms. The Bertz CT molecular complexity index is 1350. The molecule has 0 spiro atoms. The van der Waals surface area contributed by atoms with Crippen LogP contribution in [0.4, 0.5) is 8.78 Å². The summed E-state index contributed by atoms with van der Waals surface area (Å²) in [6.45, 7) is 4.41. The third-order valence-electron chi connectivity index (χ3n) is 5.84. The van der Waals surface area contributed by atoms with Crippen LogP contribution in [-0.2, 0) is 0 Å². The molecular formula is C23H19ClF2N4OS. The van der Waals surface area contributed by atoms with Gasteiger partial charge in [-0.15, -0.1) is 11.3 Å². The van der Waals surface area contributed by atoms with Gasteiger partial charge < -0.3 is 9.88 Å². The molecule has 164 valence electrons. The molecule has 2 atom stereocenters. The van der Waals surface area contributed by atoms with Crippen LogP contribution in [0, 0.1) is 24.5 Å². The normalized spacial score (nSPS) is 18.6. The highest BCUT2D eigenvalue weighted by Gasteiger charge is 2.39. The fraction of sp³-hybridized carbons (Fsp3) is 0.261. The standard InChI is InChI=1S/C23H19ClF2N4OS/c1-11-8-9-30(20(11)22-28-17-5-3-4-14(24)18(17)29-22)23(31)19-21(32-12(2)27-19)13-6-7-15(25)16(26)10-13/h3-7,10-11,20H,8-9H2,1-2H3,(H,28,29)/t11-,20-/m0/s1. The number of benzene rings is 2. The number of nitrogens with one attached hydrogen (secondary N) is 1. The minimum absolute atomic E-state index is 0.171. The summed E-state index contributed by atoms with van der Waals surface area (Å²) in [6, 6.07) is 8.88. The van der Waals surface area contributed by atoms with Crippen LogP contribution >= 0.6 is 22.9 Å². The van der Waals surface area contributed by atoms with Crippen LogP contribution in [0.15, 0.2) is 36.4 Å². The van der Waals surface area contributed by atoms with Crippen molar-refractivity contribution in [3.63, 3.8) is 0 Å². The number of nitrogens with zero attached hydrogens (tertiary/aromatic N) is 3. The molecule has 1 amide bonds. The van der Waals surface area contributed by atoms with Crippen LogP contribution in [-0.4, -0.2) is 32.3 Å². The second-order valence-corrected chi connectivity index (χ2v) is 9.62. The number of likely N-dealkylation sites (tertiary alicyclic amines) is 1. The average molecular weight is 473 g/mol. The highest BCUT2D eigenvalue weighted by Crippen LogP contribution is 2.40. The van der Waals surface area contributed by atoms with Crippen molar-refractivity contribution in [2.75, 3.05) is 6.54 Å². The predicted octanol–water partition coefficient (Wildman–Crippen LogP) is 6.15. The monoisotopic (exact) mass is 472 g/mol. The van der Waals surface area contributed by atoms with Gasteiger partial charge in [-0.2, -0.15) is 0 Å². The molecule has 5 nitrogen and oxygen atoms in total. The molecule has 5 rings (SSSR count). The zero-order valence-corrected chi connectivity index (χ0v) is 18.9. The second-order valence-electron chi connectivity index (χ2n) is 8.01. The van der Waals surface area contributed by atoms with Crippen molar-refractivity contribution in [1.29, 1.82) is 0 Å². The molecule has 1 aliphatic heterocycles. The zero-order valence-electron chi connectivity index (χ0n) is 17.3. The zero-order chi connectivity index (χ0) is 22.6. The molecule has 0 radical (unpaired) electrons. The Hall–Kier alpha value is -2.84. The minimum Gasteiger partial charge on any atom is -0.340 e. The smallest absolute Gasteiger partial charge is 0.274 e. The summed E-state index contributed by atoms with van der Waals surface area (Å²) in [4.78, 5) is 28.4. The highest BCUT2D eigenvalue weighted by molar-refractivity contribution is 7.15. The minimum atomic E-state index is -0.959. The van der Waals surface area contributed by atoms with Crippen molar-refractivity contribution in [2.45, 2.75) is 26.3 Å². The van der Waals surface area contributed by atoms with Crippen LogP contribution in [0.5, 0.6) is 0 Å². The topological polar surface area (TPSA) is 61.9 Å². The Labute approximate surface area is 192 Å². The summed E-state index contributed by atoms with van der Waals surface area (Å²) in [5, 5.41) is 1.22. The van der Waals surface area contributed by atoms with Gasteiger partial charge in [0.15, 0.2) is 11.6 Å². The first-order valence-corrected chi connectivity index (χ1v) is 11.4. The largest absolute Gasteiger partial charge is 0.340 e. The van der Waals surface area contributed by atoms with E-state index in [0.29, 0.717) is 38.4 Å². The van der Waals surface area contributed by atoms with Gasteiger partial charge in [-0.3, -0.25) is 4.79 Å². The van der Waals surface area contributed by atoms with E-state index >= 15 is 0 Å². The van der Waals surface area contributed by atoms with E-state index in [1.165, 1.54) is 17.4 Å². The first-order chi connectivity index (χ1) is 15.3. The van der Waals surface area contributed by atoms with E-state index in [2.05, 4.69) is 21.9 Å². The van der Waals surface area contributed by atoms with E-state index in [4.69, 9.17) is 11.6 Å². The molecule has 1 fully saturated rings. The molecule has 1 N–H and O–H groups in total. The molecule has 2 aromatic heterocycles. The van der Waals surface area contributed by atoms with Gasteiger partial charge in [0.1, 0.15) is 17.0 Å². The maximum Gasteiger partial charge on any atom is 0.274 e. The summed E-state index contributed by atoms with van der Waals surface area (Å²) >= 11 is 7.58. The number of aromatic amines is 1. The summed E-state index contributed by atoms with van der Waals surface area (Å²) in [5.74, 6) is -1.30. The van der Waals surface area contributed by atoms with Gasteiger partial charge in [0.25, 0.3) is 5.91 Å². The van der Waals surface area contributed by atoms with Gasteiger partial charge in [0.2, 0.25) is 0 Å². The Morgan fingerprint density at radius 2 is 2.03 bits per heavy atom. The van der Waals surface area contributed by atoms with E-state index in [1.807, 2.05) is 12.1 Å². The summed E-state index contributed by atoms with van der Waals surface area (Å²) in [7, 11) is 0. The number of thiazole rings is 1. The molecule has 0 bridgehead atoms. The summed E-state index contributed by atoms with van der Waals surface area (Å²) < 4.78 is 27.3. The number of para-hydroxylation sites is 1. The van der Waals surface area contributed by atoms with Gasteiger partial charge in [-0.25, -0.2) is 18.7 Å². The number of hydrogen-bond acceptors (Lipinski definition) is 4. The predicted molar refractivity (Wildman–Crippen MR) is 121 cm³/mol. The lowest BCUT2D eigenvalue weighted by Gasteiger charge is -2.25. The molecule has 0 unspecified atom stereocenters. The number of H-pyrrole nitrogens is 1. The molecule has 1 saturated heterocycles. The number of aromatic nitrogens is 3. The fourth-order valence-corrected chi connectivity index (χ4v) is 5.41. The third-order valence-corrected chi connectivity index (χ3v) is 7.17.